The number of ether oxygens (including phenoxy) is 1. The highest BCUT2D eigenvalue weighted by molar-refractivity contribution is 8.13. The van der Waals surface area contributed by atoms with Crippen LogP contribution in [0.5, 0.6) is 5.75 Å². The lowest BCUT2D eigenvalue weighted by Gasteiger charge is -2.22. The largest absolute Gasteiger partial charge is 0.494 e. The summed E-state index contributed by atoms with van der Waals surface area (Å²) in [5, 5.41) is 5.82. The highest BCUT2D eigenvalue weighted by atomic mass is 32.2. The monoisotopic (exact) mass is 428 g/mol. The van der Waals surface area contributed by atoms with Gasteiger partial charge in [0, 0.05) is 16.9 Å². The van der Waals surface area contributed by atoms with Crippen molar-refractivity contribution in [3.05, 3.63) is 71.3 Å². The van der Waals surface area contributed by atoms with E-state index >= 15 is 0 Å². The number of hydrazone groups is 1. The average molecular weight is 429 g/mol. The predicted molar refractivity (Wildman–Crippen MR) is 129 cm³/mol. The van der Waals surface area contributed by atoms with Crippen LogP contribution in [0.15, 0.2) is 54.2 Å². The Kier molecular flexibility index (Phi) is 10.7. The zero-order valence-corrected chi connectivity index (χ0v) is 19.3. The summed E-state index contributed by atoms with van der Waals surface area (Å²) >= 11 is 1.39. The standard InChI is InChI=1S/C20H26N4O2S.C3H6/c1-5-26-19-9-8-16(15(4)25)11-17(19)12-27-20(23-21)24(22)18-10-13(2)6-7-14(18)3;1-3-2/h6-11H,5,12,21-22H2,1-4H3;3H,1H2,2H3/b23-20+;. The van der Waals surface area contributed by atoms with Crippen LogP contribution >= 0.6 is 11.8 Å². The molecule has 0 spiro atoms. The van der Waals surface area contributed by atoms with Crippen LogP contribution in [0.25, 0.3) is 0 Å². The summed E-state index contributed by atoms with van der Waals surface area (Å²) in [6.07, 6.45) is 1.75. The molecule has 0 fully saturated rings. The van der Waals surface area contributed by atoms with Gasteiger partial charge >= 0.3 is 0 Å². The fourth-order valence-electron chi connectivity index (χ4n) is 2.60. The summed E-state index contributed by atoms with van der Waals surface area (Å²) in [7, 11) is 0. The third-order valence-electron chi connectivity index (χ3n) is 4.06. The van der Waals surface area contributed by atoms with E-state index in [9.17, 15) is 4.79 Å². The Balaban J connectivity index is 0.00000141. The summed E-state index contributed by atoms with van der Waals surface area (Å²) < 4.78 is 5.68. The van der Waals surface area contributed by atoms with E-state index in [1.807, 2.05) is 58.0 Å². The number of Topliss-reactive ketones (excluding diaryl/α,β-unsaturated/α-hetero) is 1. The van der Waals surface area contributed by atoms with E-state index in [2.05, 4.69) is 11.7 Å². The molecule has 30 heavy (non-hydrogen) atoms. The molecule has 0 heterocycles. The first-order valence-corrected chi connectivity index (χ1v) is 10.6. The Morgan fingerprint density at radius 2 is 1.93 bits per heavy atom. The number of carbonyl (C=O) groups excluding carboxylic acids is 1. The first-order chi connectivity index (χ1) is 14.3. The number of rotatable bonds is 6. The second-order valence-corrected chi connectivity index (χ2v) is 7.52. The van der Waals surface area contributed by atoms with Crippen molar-refractivity contribution in [2.75, 3.05) is 11.6 Å². The molecule has 6 nitrogen and oxygen atoms in total. The van der Waals surface area contributed by atoms with Gasteiger partial charge in [-0.15, -0.1) is 6.58 Å². The van der Waals surface area contributed by atoms with Gasteiger partial charge in [0.2, 0.25) is 5.17 Å². The number of amidine groups is 1. The van der Waals surface area contributed by atoms with Crippen LogP contribution in [0.2, 0.25) is 0 Å². The van der Waals surface area contributed by atoms with Gasteiger partial charge in [-0.2, -0.15) is 5.10 Å². The summed E-state index contributed by atoms with van der Waals surface area (Å²) in [5.41, 5.74) is 4.50. The number of aryl methyl sites for hydroxylation is 2. The van der Waals surface area contributed by atoms with Gasteiger partial charge in [-0.25, -0.2) is 5.84 Å². The third-order valence-corrected chi connectivity index (χ3v) is 5.08. The molecule has 162 valence electrons. The van der Waals surface area contributed by atoms with Crippen LogP contribution in [0, 0.1) is 13.8 Å². The van der Waals surface area contributed by atoms with Crippen LogP contribution in [0.4, 0.5) is 5.69 Å². The first kappa shape index (κ1) is 25.3. The van der Waals surface area contributed by atoms with Crippen molar-refractivity contribution in [1.29, 1.82) is 0 Å². The minimum absolute atomic E-state index is 0.00727. The van der Waals surface area contributed by atoms with Gasteiger partial charge in [0.05, 0.1) is 12.3 Å². The van der Waals surface area contributed by atoms with Crippen molar-refractivity contribution >= 4 is 28.4 Å². The number of benzene rings is 2. The molecule has 0 saturated heterocycles. The topological polar surface area (TPSA) is 93.9 Å². The van der Waals surface area contributed by atoms with Crippen LogP contribution in [0.1, 0.15) is 47.8 Å². The molecule has 0 radical (unpaired) electrons. The number of hydrazine groups is 1. The average Bonchev–Trinajstić information content (AvgIpc) is 2.71. The maximum atomic E-state index is 11.7. The van der Waals surface area contributed by atoms with Crippen LogP contribution in [-0.4, -0.2) is 17.6 Å². The number of thioether (sulfide) groups is 1. The summed E-state index contributed by atoms with van der Waals surface area (Å²) in [6, 6.07) is 11.5. The van der Waals surface area contributed by atoms with Gasteiger partial charge in [-0.1, -0.05) is 30.0 Å². The maximum absolute atomic E-state index is 11.7. The van der Waals surface area contributed by atoms with Gasteiger partial charge in [-0.05, 0) is 70.0 Å². The quantitative estimate of drug-likeness (QED) is 0.169. The van der Waals surface area contributed by atoms with Gasteiger partial charge in [0.25, 0.3) is 0 Å². The molecule has 0 unspecified atom stereocenters. The predicted octanol–water partition coefficient (Wildman–Crippen LogP) is 4.94. The highest BCUT2D eigenvalue weighted by Gasteiger charge is 2.15. The minimum atomic E-state index is 0.00727. The molecular formula is C23H32N4O2S. The van der Waals surface area contributed by atoms with Gasteiger partial charge in [0.1, 0.15) is 5.75 Å². The lowest BCUT2D eigenvalue weighted by atomic mass is 10.1. The lowest BCUT2D eigenvalue weighted by Crippen LogP contribution is -2.37. The Morgan fingerprint density at radius 1 is 1.27 bits per heavy atom. The fraction of sp³-hybridized carbons (Fsp3) is 0.304. The van der Waals surface area contributed by atoms with Crippen LogP contribution in [-0.2, 0) is 5.75 Å². The van der Waals surface area contributed by atoms with E-state index < -0.39 is 0 Å². The van der Waals surface area contributed by atoms with Gasteiger partial charge < -0.3 is 10.6 Å². The number of nitrogens with two attached hydrogens (primary N) is 2. The first-order valence-electron chi connectivity index (χ1n) is 9.65. The van der Waals surface area contributed by atoms with E-state index in [0.717, 1.165) is 28.1 Å². The molecule has 0 bridgehead atoms. The van der Waals surface area contributed by atoms with Crippen molar-refractivity contribution in [3.63, 3.8) is 0 Å². The zero-order chi connectivity index (χ0) is 22.7. The summed E-state index contributed by atoms with van der Waals surface area (Å²) in [6.45, 7) is 13.2. The van der Waals surface area contributed by atoms with Crippen molar-refractivity contribution < 1.29 is 9.53 Å². The number of hydrogen-bond donors (Lipinski definition) is 2. The Hall–Kier alpha value is -2.77. The Labute approximate surface area is 183 Å². The van der Waals surface area contributed by atoms with Crippen molar-refractivity contribution in [3.8, 4) is 5.75 Å². The summed E-state index contributed by atoms with van der Waals surface area (Å²) in [4.78, 5) is 11.7. The zero-order valence-electron chi connectivity index (χ0n) is 18.4. The van der Waals surface area contributed by atoms with Crippen molar-refractivity contribution in [2.45, 2.75) is 40.4 Å². The Morgan fingerprint density at radius 3 is 2.50 bits per heavy atom. The smallest absolute Gasteiger partial charge is 0.201 e. The molecule has 4 N–H and O–H groups in total. The minimum Gasteiger partial charge on any atom is -0.494 e. The van der Waals surface area contributed by atoms with E-state index in [4.69, 9.17) is 16.4 Å². The second kappa shape index (κ2) is 12.7. The maximum Gasteiger partial charge on any atom is 0.201 e. The third kappa shape index (κ3) is 7.24. The molecular weight excluding hydrogens is 396 g/mol. The number of carbonyl (C=O) groups is 1. The molecule has 0 aliphatic carbocycles. The molecule has 2 aromatic carbocycles. The molecule has 0 aromatic heterocycles. The number of ketones is 1. The lowest BCUT2D eigenvalue weighted by molar-refractivity contribution is 0.101. The Bertz CT molecular complexity index is 897. The SMILES string of the molecule is C=CC.CCOc1ccc(C(C)=O)cc1CS/C(=N/N)N(N)c1cc(C)ccc1C. The highest BCUT2D eigenvalue weighted by Crippen LogP contribution is 2.28. The van der Waals surface area contributed by atoms with E-state index in [1.54, 1.807) is 19.1 Å². The number of anilines is 1. The number of allylic oxidation sites excluding steroid dienone is 1. The number of hydrogen-bond acceptors (Lipinski definition) is 6. The molecule has 7 heteroatoms. The van der Waals surface area contributed by atoms with Gasteiger partial charge in [0.15, 0.2) is 5.78 Å². The molecule has 0 saturated carbocycles. The van der Waals surface area contributed by atoms with Crippen molar-refractivity contribution in [2.24, 2.45) is 16.8 Å². The van der Waals surface area contributed by atoms with E-state index in [1.165, 1.54) is 16.8 Å². The molecule has 0 amide bonds. The molecule has 2 aromatic rings. The van der Waals surface area contributed by atoms with Crippen LogP contribution < -0.4 is 21.4 Å². The van der Waals surface area contributed by atoms with Crippen LogP contribution in [0.3, 0.4) is 0 Å². The second-order valence-electron chi connectivity index (χ2n) is 6.58. The number of nitrogens with zero attached hydrogens (tertiary/aromatic N) is 2. The van der Waals surface area contributed by atoms with E-state index in [-0.39, 0.29) is 5.78 Å². The van der Waals surface area contributed by atoms with E-state index in [0.29, 0.717) is 23.1 Å². The van der Waals surface area contributed by atoms with Crippen molar-refractivity contribution in [1.82, 2.24) is 0 Å². The van der Waals surface area contributed by atoms with Gasteiger partial charge in [-0.3, -0.25) is 9.80 Å². The molecule has 0 aliphatic heterocycles. The summed E-state index contributed by atoms with van der Waals surface area (Å²) in [5.74, 6) is 13.1. The molecule has 2 rings (SSSR count). The molecule has 0 atom stereocenters. The fourth-order valence-corrected chi connectivity index (χ4v) is 3.42. The molecule has 0 aliphatic rings. The normalized spacial score (nSPS) is 10.7.